The maximum Gasteiger partial charge on any atom is 0.244 e. The first-order chi connectivity index (χ1) is 9.97. The first kappa shape index (κ1) is 15.6. The molecule has 3 N–H and O–H groups in total. The number of nitrogens with zero attached hydrogens (tertiary/aromatic N) is 3. The van der Waals surface area contributed by atoms with Gasteiger partial charge in [-0.05, 0) is 19.4 Å². The average Bonchev–Trinajstić information content (AvgIpc) is 2.48. The number of carbonyl (C=O) groups is 1. The number of rotatable bonds is 3. The molecule has 114 valence electrons. The molecule has 7 nitrogen and oxygen atoms in total. The zero-order valence-electron chi connectivity index (χ0n) is 12.3. The number of anilines is 1. The van der Waals surface area contributed by atoms with Crippen LogP contribution in [0.4, 0.5) is 5.82 Å². The van der Waals surface area contributed by atoms with Crippen molar-refractivity contribution in [1.29, 1.82) is 0 Å². The van der Waals surface area contributed by atoms with Crippen LogP contribution in [0.2, 0.25) is 0 Å². The predicted molar refractivity (Wildman–Crippen MR) is 83.4 cm³/mol. The molecule has 1 fully saturated rings. The van der Waals surface area contributed by atoms with Crippen LogP contribution < -0.4 is 16.0 Å². The molecule has 0 spiro atoms. The number of hydrogen-bond acceptors (Lipinski definition) is 6. The summed E-state index contributed by atoms with van der Waals surface area (Å²) in [4.78, 5) is 14.1. The maximum absolute atomic E-state index is 12.0. The Morgan fingerprint density at radius 3 is 2.81 bits per heavy atom. The molecule has 2 heterocycles. The van der Waals surface area contributed by atoms with Gasteiger partial charge < -0.3 is 20.7 Å². The van der Waals surface area contributed by atoms with Crippen LogP contribution in [0, 0.1) is 13.8 Å². The highest BCUT2D eigenvalue weighted by Gasteiger charge is 2.32. The van der Waals surface area contributed by atoms with E-state index >= 15 is 0 Å². The fraction of sp³-hybridized carbons (Fsp3) is 0.538. The number of hydrogen-bond donors (Lipinski definition) is 2. The third-order valence-corrected chi connectivity index (χ3v) is 3.84. The molecule has 2 rings (SSSR count). The Balaban J connectivity index is 2.50. The Kier molecular flexibility index (Phi) is 4.69. The van der Waals surface area contributed by atoms with Crippen LogP contribution in [0.1, 0.15) is 16.8 Å². The monoisotopic (exact) mass is 309 g/mol. The zero-order valence-corrected chi connectivity index (χ0v) is 13.2. The van der Waals surface area contributed by atoms with Crippen LogP contribution >= 0.6 is 12.2 Å². The van der Waals surface area contributed by atoms with Gasteiger partial charge in [-0.3, -0.25) is 4.79 Å². The molecule has 1 amide bonds. The van der Waals surface area contributed by atoms with Crippen LogP contribution in [-0.4, -0.2) is 53.9 Å². The highest BCUT2D eigenvalue weighted by molar-refractivity contribution is 7.80. The zero-order chi connectivity index (χ0) is 15.6. The summed E-state index contributed by atoms with van der Waals surface area (Å²) in [6.07, 6.45) is 0. The van der Waals surface area contributed by atoms with Crippen molar-refractivity contribution in [3.8, 4) is 0 Å². The molecule has 21 heavy (non-hydrogen) atoms. The van der Waals surface area contributed by atoms with E-state index in [-0.39, 0.29) is 10.9 Å². The Bertz CT molecular complexity index is 578. The third kappa shape index (κ3) is 2.96. The van der Waals surface area contributed by atoms with Crippen LogP contribution in [0.3, 0.4) is 0 Å². The minimum absolute atomic E-state index is 0.136. The average molecular weight is 309 g/mol. The van der Waals surface area contributed by atoms with Crippen molar-refractivity contribution in [3.05, 3.63) is 16.8 Å². The highest BCUT2D eigenvalue weighted by Crippen LogP contribution is 2.25. The van der Waals surface area contributed by atoms with Crippen molar-refractivity contribution >= 4 is 28.9 Å². The first-order valence-electron chi connectivity index (χ1n) is 6.67. The summed E-state index contributed by atoms with van der Waals surface area (Å²) in [6, 6.07) is -0.465. The number of likely N-dealkylation sites (N-methyl/N-ethyl adjacent to an activating group) is 1. The van der Waals surface area contributed by atoms with Gasteiger partial charge in [0.15, 0.2) is 5.82 Å². The molecule has 8 heteroatoms. The molecular formula is C13H19N5O2S. The molecule has 0 radical (unpaired) electrons. The van der Waals surface area contributed by atoms with Gasteiger partial charge in [0.1, 0.15) is 11.0 Å². The first-order valence-corrected chi connectivity index (χ1v) is 7.07. The molecule has 0 saturated carbocycles. The second kappa shape index (κ2) is 6.31. The number of nitrogens with one attached hydrogen (secondary N) is 1. The molecule has 0 aliphatic carbocycles. The van der Waals surface area contributed by atoms with E-state index in [9.17, 15) is 4.79 Å². The van der Waals surface area contributed by atoms with Gasteiger partial charge in [-0.1, -0.05) is 12.2 Å². The van der Waals surface area contributed by atoms with Gasteiger partial charge in [0.25, 0.3) is 0 Å². The molecule has 1 aromatic rings. The molecule has 1 aliphatic rings. The van der Waals surface area contributed by atoms with Crippen molar-refractivity contribution in [2.75, 3.05) is 31.7 Å². The SMILES string of the molecule is CNC(=O)C1COCCN1c1nnc(C)c(C)c1C(N)=S. The fourth-order valence-corrected chi connectivity index (χ4v) is 2.58. The molecule has 0 aromatic carbocycles. The van der Waals surface area contributed by atoms with Gasteiger partial charge in [-0.15, -0.1) is 5.10 Å². The number of aryl methyl sites for hydroxylation is 1. The largest absolute Gasteiger partial charge is 0.389 e. The Hall–Kier alpha value is -1.80. The smallest absolute Gasteiger partial charge is 0.244 e. The number of aromatic nitrogens is 2. The summed E-state index contributed by atoms with van der Waals surface area (Å²) in [5, 5.41) is 11.0. The quantitative estimate of drug-likeness (QED) is 0.739. The molecule has 0 bridgehead atoms. The second-order valence-corrected chi connectivity index (χ2v) is 5.31. The second-order valence-electron chi connectivity index (χ2n) is 4.87. The number of morpholine rings is 1. The lowest BCUT2D eigenvalue weighted by Crippen LogP contribution is -2.54. The van der Waals surface area contributed by atoms with Gasteiger partial charge in [-0.2, -0.15) is 5.10 Å². The van der Waals surface area contributed by atoms with Crippen molar-refractivity contribution in [1.82, 2.24) is 15.5 Å². The molecule has 1 saturated heterocycles. The van der Waals surface area contributed by atoms with Crippen molar-refractivity contribution in [2.45, 2.75) is 19.9 Å². The Labute approximate surface area is 128 Å². The van der Waals surface area contributed by atoms with Crippen LogP contribution in [0.25, 0.3) is 0 Å². The molecule has 1 aromatic heterocycles. The standard InChI is InChI=1S/C13H19N5O2S/c1-7-8(2)16-17-12(10(7)11(14)21)18-4-5-20-6-9(18)13(19)15-3/h9H,4-6H2,1-3H3,(H2,14,21)(H,15,19). The van der Waals surface area contributed by atoms with E-state index in [0.29, 0.717) is 31.1 Å². The minimum Gasteiger partial charge on any atom is -0.389 e. The van der Waals surface area contributed by atoms with E-state index in [4.69, 9.17) is 22.7 Å². The summed E-state index contributed by atoms with van der Waals surface area (Å²) < 4.78 is 5.40. The predicted octanol–water partition coefficient (Wildman–Crippen LogP) is -0.321. The topological polar surface area (TPSA) is 93.4 Å². The number of nitrogens with two attached hydrogens (primary N) is 1. The van der Waals surface area contributed by atoms with Gasteiger partial charge >= 0.3 is 0 Å². The van der Waals surface area contributed by atoms with Crippen molar-refractivity contribution < 1.29 is 9.53 Å². The Morgan fingerprint density at radius 2 is 2.19 bits per heavy atom. The van der Waals surface area contributed by atoms with Crippen LogP contribution in [0.15, 0.2) is 0 Å². The summed E-state index contributed by atoms with van der Waals surface area (Å²) in [5.41, 5.74) is 8.18. The van der Waals surface area contributed by atoms with E-state index < -0.39 is 6.04 Å². The summed E-state index contributed by atoms with van der Waals surface area (Å²) in [6.45, 7) is 5.09. The van der Waals surface area contributed by atoms with Crippen LogP contribution in [-0.2, 0) is 9.53 Å². The number of amides is 1. The van der Waals surface area contributed by atoms with E-state index in [1.807, 2.05) is 18.7 Å². The van der Waals surface area contributed by atoms with Gasteiger partial charge in [0.05, 0.1) is 24.5 Å². The summed E-state index contributed by atoms with van der Waals surface area (Å²) >= 11 is 5.15. The lowest BCUT2D eigenvalue weighted by molar-refractivity contribution is -0.124. The third-order valence-electron chi connectivity index (χ3n) is 3.63. The lowest BCUT2D eigenvalue weighted by Gasteiger charge is -2.36. The number of thiocarbonyl (C=S) groups is 1. The number of ether oxygens (including phenoxy) is 1. The fourth-order valence-electron chi connectivity index (χ4n) is 2.33. The highest BCUT2D eigenvalue weighted by atomic mass is 32.1. The van der Waals surface area contributed by atoms with E-state index in [2.05, 4.69) is 15.5 Å². The normalized spacial score (nSPS) is 18.4. The van der Waals surface area contributed by atoms with Gasteiger partial charge in [0, 0.05) is 13.6 Å². The molecule has 1 atom stereocenters. The van der Waals surface area contributed by atoms with E-state index in [1.165, 1.54) is 0 Å². The minimum atomic E-state index is -0.465. The molecular weight excluding hydrogens is 290 g/mol. The maximum atomic E-state index is 12.0. The van der Waals surface area contributed by atoms with E-state index in [1.54, 1.807) is 7.05 Å². The van der Waals surface area contributed by atoms with E-state index in [0.717, 1.165) is 11.3 Å². The Morgan fingerprint density at radius 1 is 1.48 bits per heavy atom. The summed E-state index contributed by atoms with van der Waals surface area (Å²) in [7, 11) is 1.59. The molecule has 1 unspecified atom stereocenters. The lowest BCUT2D eigenvalue weighted by atomic mass is 10.1. The van der Waals surface area contributed by atoms with Crippen molar-refractivity contribution in [3.63, 3.8) is 0 Å². The number of carbonyl (C=O) groups excluding carboxylic acids is 1. The van der Waals surface area contributed by atoms with Crippen LogP contribution in [0.5, 0.6) is 0 Å². The molecule has 1 aliphatic heterocycles. The van der Waals surface area contributed by atoms with Gasteiger partial charge in [-0.25, -0.2) is 0 Å². The van der Waals surface area contributed by atoms with Gasteiger partial charge in [0.2, 0.25) is 5.91 Å². The van der Waals surface area contributed by atoms with Crippen molar-refractivity contribution in [2.24, 2.45) is 5.73 Å². The summed E-state index contributed by atoms with van der Waals surface area (Å²) in [5.74, 6) is 0.408.